The number of imide groups is 1. The molecule has 0 aliphatic carbocycles. The Morgan fingerprint density at radius 2 is 0.793 bits per heavy atom. The van der Waals surface area contributed by atoms with Gasteiger partial charge in [0.25, 0.3) is 11.8 Å². The van der Waals surface area contributed by atoms with Gasteiger partial charge in [0.1, 0.15) is 0 Å². The molecule has 4 amide bonds. The molecule has 1 fully saturated rings. The van der Waals surface area contributed by atoms with Crippen LogP contribution in [-0.2, 0) is 68.8 Å². The fourth-order valence-corrected chi connectivity index (χ4v) is 10.9. The summed E-state index contributed by atoms with van der Waals surface area (Å²) >= 11 is 49.2. The highest BCUT2D eigenvalue weighted by atomic mass is 35.5. The number of aliphatic carboxylic acids is 1. The normalized spacial score (nSPS) is 10.8. The first kappa shape index (κ1) is 101. The Labute approximate surface area is 685 Å². The van der Waals surface area contributed by atoms with Gasteiger partial charge in [-0.05, 0) is 102 Å². The second-order valence-electron chi connectivity index (χ2n) is 22.1. The number of nitrogens with zero attached hydrogens (tertiary/aromatic N) is 2. The molecule has 606 valence electrons. The third kappa shape index (κ3) is 38.7. The molecule has 0 saturated carbocycles. The number of nitrogens with two attached hydrogens (primary N) is 3. The lowest BCUT2D eigenvalue weighted by atomic mass is 10.1. The van der Waals surface area contributed by atoms with E-state index in [1.165, 1.54) is 4.90 Å². The first-order chi connectivity index (χ1) is 52.4. The van der Waals surface area contributed by atoms with Crippen molar-refractivity contribution >= 4 is 174 Å². The summed E-state index contributed by atoms with van der Waals surface area (Å²) in [6.45, 7) is 3.72. The van der Waals surface area contributed by atoms with E-state index in [1.807, 2.05) is 65.7 Å². The van der Waals surface area contributed by atoms with Crippen LogP contribution in [0.4, 0.5) is 45.5 Å². The number of amides is 4. The topological polar surface area (TPSA) is 447 Å². The highest BCUT2D eigenvalue weighted by molar-refractivity contribution is 6.41. The number of ether oxygens (including phenoxy) is 2. The van der Waals surface area contributed by atoms with Crippen molar-refractivity contribution in [3.63, 3.8) is 0 Å². The highest BCUT2D eigenvalue weighted by Gasteiger charge is 2.33. The van der Waals surface area contributed by atoms with Gasteiger partial charge in [-0.3, -0.25) is 35.7 Å². The van der Waals surface area contributed by atoms with Crippen LogP contribution in [0.3, 0.4) is 0 Å². The number of rotatable bonds is 31. The number of anilines is 8. The molecule has 1 saturated heterocycles. The minimum atomic E-state index is -0.889. The molecule has 1 aliphatic rings. The number of nitrogens with one attached hydrogen (secondary N) is 8. The van der Waals surface area contributed by atoms with E-state index >= 15 is 0 Å². The van der Waals surface area contributed by atoms with Crippen LogP contribution in [0, 0.1) is 0 Å². The quantitative estimate of drug-likeness (QED) is 0.00830. The Morgan fingerprint density at radius 1 is 0.459 bits per heavy atom. The number of carboxylic acid groups (broad SMARTS) is 1. The molecule has 8 aromatic carbocycles. The second-order valence-corrected chi connectivity index (χ2v) is 25.4. The van der Waals surface area contributed by atoms with Crippen molar-refractivity contribution in [2.24, 2.45) is 17.4 Å². The zero-order valence-electron chi connectivity index (χ0n) is 60.2. The number of carbonyl (C=O) groups excluding carboxylic acids is 5. The average Bonchev–Trinajstić information content (AvgIpc) is 1.24. The maximum atomic E-state index is 12.2. The molecule has 0 spiro atoms. The summed E-state index contributed by atoms with van der Waals surface area (Å²) in [4.78, 5) is 76.7. The van der Waals surface area contributed by atoms with Gasteiger partial charge < -0.3 is 88.5 Å². The van der Waals surface area contributed by atoms with E-state index in [2.05, 4.69) is 43.6 Å². The number of hydrazine groups is 3. The van der Waals surface area contributed by atoms with E-state index in [-0.39, 0.29) is 97.0 Å². The maximum absolute atomic E-state index is 12.2. The van der Waals surface area contributed by atoms with E-state index in [0.717, 1.165) is 22.5 Å². The van der Waals surface area contributed by atoms with Gasteiger partial charge in [-0.2, -0.15) is 11.1 Å². The number of benzene rings is 8. The summed E-state index contributed by atoms with van der Waals surface area (Å²) < 4.78 is 9.86. The number of aliphatic hydroxyl groups is 4. The van der Waals surface area contributed by atoms with Crippen molar-refractivity contribution in [2.45, 2.75) is 46.0 Å². The third-order valence-electron chi connectivity index (χ3n) is 14.1. The number of halogens is 8. The Bertz CT molecular complexity index is 4010. The Kier molecular flexibility index (Phi) is 53.2. The van der Waals surface area contributed by atoms with Crippen LogP contribution >= 0.6 is 92.8 Å². The van der Waals surface area contributed by atoms with Gasteiger partial charge in [-0.25, -0.2) is 4.79 Å². The van der Waals surface area contributed by atoms with Crippen LogP contribution in [0.1, 0.15) is 42.5 Å². The molecule has 9 rings (SSSR count). The summed E-state index contributed by atoms with van der Waals surface area (Å²) in [6, 6.07) is 50.0. The molecule has 0 bridgehead atoms. The minimum Gasteiger partial charge on any atom is -0.481 e. The van der Waals surface area contributed by atoms with Gasteiger partial charge >= 0.3 is 11.9 Å². The molecule has 8 aromatic rings. The van der Waals surface area contributed by atoms with E-state index in [9.17, 15) is 28.8 Å². The number of hydrogen-bond donors (Lipinski definition) is 17. The summed E-state index contributed by atoms with van der Waals surface area (Å²) in [7, 11) is 3.47. The molecule has 28 nitrogen and oxygen atoms in total. The molecule has 111 heavy (non-hydrogen) atoms. The van der Waals surface area contributed by atoms with Crippen LogP contribution in [-0.4, -0.2) is 164 Å². The average molecular weight is 1700 g/mol. The van der Waals surface area contributed by atoms with Gasteiger partial charge in [-0.15, -0.1) is 5.06 Å². The zero-order valence-corrected chi connectivity index (χ0v) is 66.2. The van der Waals surface area contributed by atoms with Gasteiger partial charge in [0.05, 0.1) is 141 Å². The summed E-state index contributed by atoms with van der Waals surface area (Å²) in [5.74, 6) is 6.26. The van der Waals surface area contributed by atoms with E-state index in [0.29, 0.717) is 136 Å². The molecule has 36 heteroatoms. The number of carbonyl (C=O) groups is 6. The van der Waals surface area contributed by atoms with Crippen LogP contribution in [0.5, 0.6) is 0 Å². The number of aliphatic hydroxyl groups excluding tert-OH is 4. The highest BCUT2D eigenvalue weighted by Crippen LogP contribution is 2.38. The fourth-order valence-electron chi connectivity index (χ4n) is 8.90. The number of hydroxylamine groups is 2. The smallest absolute Gasteiger partial charge is 0.337 e. The fraction of sp³-hybridized carbons (Fsp3) is 0.280. The van der Waals surface area contributed by atoms with Crippen LogP contribution in [0.25, 0.3) is 0 Å². The summed E-state index contributed by atoms with van der Waals surface area (Å²) in [6.07, 6.45) is 0.338. The van der Waals surface area contributed by atoms with Crippen molar-refractivity contribution in [1.29, 1.82) is 0 Å². The summed E-state index contributed by atoms with van der Waals surface area (Å²) in [5, 5.41) is 65.1. The van der Waals surface area contributed by atoms with Crippen molar-refractivity contribution in [3.05, 3.63) is 232 Å². The first-order valence-electron chi connectivity index (χ1n) is 33.2. The van der Waals surface area contributed by atoms with Crippen molar-refractivity contribution in [1.82, 2.24) is 37.8 Å². The molecule has 0 unspecified atom stereocenters. The molecular formula is C75H96Cl8N14O14. The standard InChI is InChI=1S/C18H14Cl2N2O4.C18H20Cl2N2O3.C17H18Cl2N2O2.C14H11Cl2NO2.C4H11NO2.C3H9NO.CH4.H6N4.H3N/c19-12-5-3-6-13(20)18(12)21-14-7-2-1-4-11(14)10-17(25)26-22-15(23)8-9-16(22)24;19-14-5-3-6-15(20)18(14)22-16-7-2-1-4-13(16)12-17(24)21-8-10-25-11-9-23;1-21(9-10-22)16(23)11-12-5-2-3-8-15(12)20-17-13(18)6-4-7-14(17)19;15-10-5-3-6-11(16)14(10)17-12-7-2-1-4-9(12)8-13(18)19;5-1-3-7-4-2-6;1-4-2-3-5;;1-3-4-2;/h1-7,21H,8-10H2;1-7,22-23H,8-12H2,(H,21,24);2-8,20,22H,9-11H2,1H3;1-7,17H,8H2,(H,18,19);6H,1-5H2;4-5H,2-3H2,1H3;1H4;3-4H,1-2H2;1H3. The largest absolute Gasteiger partial charge is 0.481 e. The molecule has 0 radical (unpaired) electrons. The van der Waals surface area contributed by atoms with Gasteiger partial charge in [0, 0.05) is 68.8 Å². The van der Waals surface area contributed by atoms with E-state index in [4.69, 9.17) is 138 Å². The van der Waals surface area contributed by atoms with Crippen molar-refractivity contribution in [3.8, 4) is 0 Å². The predicted molar refractivity (Wildman–Crippen MR) is 444 cm³/mol. The van der Waals surface area contributed by atoms with Crippen molar-refractivity contribution in [2.75, 3.05) is 114 Å². The molecule has 0 atom stereocenters. The second kappa shape index (κ2) is 58.6. The Morgan fingerprint density at radius 3 is 1.10 bits per heavy atom. The Hall–Kier alpha value is -8.22. The third-order valence-corrected chi connectivity index (χ3v) is 16.7. The number of hydrogen-bond acceptors (Lipinski definition) is 24. The minimum absolute atomic E-state index is 0. The lowest BCUT2D eigenvalue weighted by molar-refractivity contribution is -0.197. The SMILES string of the molecule is C.CN(CCO)C(=O)Cc1ccccc1Nc1c(Cl)cccc1Cl.CNCCO.N.NCCOCCO.NNNN.O=C(Cc1ccccc1Nc1c(Cl)cccc1Cl)NCCOCCO.O=C(Cc1ccccc1Nc1c(Cl)cccc1Cl)ON1C(=O)CCC1=O.O=C(O)Cc1ccccc1Nc1c(Cl)cccc1Cl. The Balaban J connectivity index is 0.000000691. The number of carboxylic acids is 1. The number of para-hydroxylation sites is 8. The summed E-state index contributed by atoms with van der Waals surface area (Å²) in [5.41, 5.74) is 17.0. The van der Waals surface area contributed by atoms with Gasteiger partial charge in [-0.1, -0.05) is 197 Å². The number of likely N-dealkylation sites (N-methyl/N-ethyl adjacent to an activating group) is 2. The van der Waals surface area contributed by atoms with E-state index in [1.54, 1.807) is 129 Å². The monoisotopic (exact) mass is 1700 g/mol. The zero-order chi connectivity index (χ0) is 80.5. The molecule has 1 heterocycles. The predicted octanol–water partition coefficient (Wildman–Crippen LogP) is 12.2. The molecule has 1 aliphatic heterocycles. The molecule has 0 aromatic heterocycles. The van der Waals surface area contributed by atoms with Crippen LogP contribution < -0.4 is 66.5 Å². The first-order valence-corrected chi connectivity index (χ1v) is 36.2. The molecular weight excluding hydrogens is 1600 g/mol. The lowest BCUT2D eigenvalue weighted by Gasteiger charge is -2.18. The van der Waals surface area contributed by atoms with Gasteiger partial charge in [0.2, 0.25) is 11.8 Å². The lowest BCUT2D eigenvalue weighted by Crippen LogP contribution is -2.42. The van der Waals surface area contributed by atoms with E-state index < -0.39 is 23.8 Å². The molecule has 22 N–H and O–H groups in total. The van der Waals surface area contributed by atoms with Crippen molar-refractivity contribution < 1.29 is 68.6 Å². The van der Waals surface area contributed by atoms with Gasteiger partial charge in [0.15, 0.2) is 0 Å². The van der Waals surface area contributed by atoms with Crippen LogP contribution in [0.15, 0.2) is 170 Å². The van der Waals surface area contributed by atoms with Crippen LogP contribution in [0.2, 0.25) is 40.2 Å². The maximum Gasteiger partial charge on any atom is 0.337 e.